The van der Waals surface area contributed by atoms with Crippen LogP contribution in [0.5, 0.6) is 0 Å². The van der Waals surface area contributed by atoms with Crippen LogP contribution < -0.4 is 0 Å². The highest BCUT2D eigenvalue weighted by Gasteiger charge is 2.25. The van der Waals surface area contributed by atoms with Gasteiger partial charge in [0.2, 0.25) is 0 Å². The van der Waals surface area contributed by atoms with Crippen molar-refractivity contribution >= 4 is 26.3 Å². The van der Waals surface area contributed by atoms with Crippen molar-refractivity contribution in [1.29, 1.82) is 0 Å². The normalized spacial score (nSPS) is 14.4. The summed E-state index contributed by atoms with van der Waals surface area (Å²) in [6.45, 7) is 14.2. The Balaban J connectivity index is 4.10. The summed E-state index contributed by atoms with van der Waals surface area (Å²) in [5, 5.41) is 0. The fraction of sp³-hybridized carbons (Fsp3) is 1.00. The predicted octanol–water partition coefficient (Wildman–Crippen LogP) is 3.43. The molecule has 0 N–H and O–H groups in total. The van der Waals surface area contributed by atoms with Gasteiger partial charge in [0, 0.05) is 28.3 Å². The molecule has 0 aliphatic heterocycles. The Hall–Kier alpha value is 0.304. The molecule has 0 aromatic carbocycles. The second kappa shape index (κ2) is 8.42. The Labute approximate surface area is 140 Å². The number of hydrogen-bond acceptors (Lipinski definition) is 3. The Morgan fingerprint density at radius 2 is 1.36 bits per heavy atom. The van der Waals surface area contributed by atoms with Crippen LogP contribution in [-0.4, -0.2) is 66.5 Å². The average molecular weight is 368 g/mol. The van der Waals surface area contributed by atoms with Gasteiger partial charge in [-0.25, -0.2) is 8.42 Å². The predicted molar refractivity (Wildman–Crippen MR) is 101 cm³/mol. The molecule has 134 valence electrons. The molecule has 0 unspecified atom stereocenters. The third-order valence-corrected chi connectivity index (χ3v) is 10.7. The molecule has 0 rings (SSSR count). The molecule has 0 aromatic rings. The minimum absolute atomic E-state index is 0.231. The lowest BCUT2D eigenvalue weighted by molar-refractivity contribution is -0.890. The molecule has 0 aliphatic carbocycles. The monoisotopic (exact) mass is 367 g/mol. The Kier molecular flexibility index (Phi) is 8.53. The van der Waals surface area contributed by atoms with Crippen molar-refractivity contribution < 1.29 is 17.5 Å². The lowest BCUT2D eigenvalue weighted by atomic mass is 10.3. The van der Waals surface area contributed by atoms with Gasteiger partial charge in [0.05, 0.1) is 37.3 Å². The smallest absolute Gasteiger partial charge is 0.0948 e. The van der Waals surface area contributed by atoms with Crippen molar-refractivity contribution in [3.63, 3.8) is 0 Å². The average Bonchev–Trinajstić information content (AvgIpc) is 2.22. The zero-order valence-electron chi connectivity index (χ0n) is 15.7. The van der Waals surface area contributed by atoms with Crippen LogP contribution in [0.2, 0.25) is 50.9 Å². The van der Waals surface area contributed by atoms with Gasteiger partial charge in [0.25, 0.3) is 0 Å². The van der Waals surface area contributed by atoms with E-state index in [9.17, 15) is 13.0 Å². The number of quaternary nitrogens is 1. The van der Waals surface area contributed by atoms with Crippen molar-refractivity contribution in [2.45, 2.75) is 63.7 Å². The molecular formula is C15H37NO3SSi2. The van der Waals surface area contributed by atoms with Crippen molar-refractivity contribution in [1.82, 2.24) is 0 Å². The molecule has 0 aromatic heterocycles. The van der Waals surface area contributed by atoms with Crippen molar-refractivity contribution in [3.8, 4) is 0 Å². The summed E-state index contributed by atoms with van der Waals surface area (Å²) in [6, 6.07) is 4.22. The zero-order chi connectivity index (χ0) is 17.7. The summed E-state index contributed by atoms with van der Waals surface area (Å²) in [6.07, 6.45) is 1.68. The van der Waals surface area contributed by atoms with Crippen LogP contribution in [0.3, 0.4) is 0 Å². The summed E-state index contributed by atoms with van der Waals surface area (Å²) < 4.78 is 32.8. The van der Waals surface area contributed by atoms with Crippen LogP contribution in [0.15, 0.2) is 0 Å². The van der Waals surface area contributed by atoms with Gasteiger partial charge in [-0.15, -0.1) is 0 Å². The van der Waals surface area contributed by atoms with Crippen LogP contribution in [0, 0.1) is 0 Å². The maximum atomic E-state index is 10.7. The van der Waals surface area contributed by atoms with Crippen molar-refractivity contribution in [2.24, 2.45) is 0 Å². The lowest BCUT2D eigenvalue weighted by Gasteiger charge is -2.32. The van der Waals surface area contributed by atoms with Crippen molar-refractivity contribution in [2.75, 3.05) is 32.9 Å². The fourth-order valence-electron chi connectivity index (χ4n) is 2.61. The molecule has 0 saturated heterocycles. The van der Waals surface area contributed by atoms with Gasteiger partial charge in [-0.1, -0.05) is 50.9 Å². The second-order valence-electron chi connectivity index (χ2n) is 9.33. The molecule has 22 heavy (non-hydrogen) atoms. The van der Waals surface area contributed by atoms with E-state index in [-0.39, 0.29) is 5.75 Å². The van der Waals surface area contributed by atoms with E-state index in [0.29, 0.717) is 6.42 Å². The minimum atomic E-state index is -4.06. The van der Waals surface area contributed by atoms with Gasteiger partial charge in [0.1, 0.15) is 0 Å². The largest absolute Gasteiger partial charge is 0.748 e. The molecule has 0 radical (unpaired) electrons. The molecule has 4 nitrogen and oxygen atoms in total. The van der Waals surface area contributed by atoms with Gasteiger partial charge >= 0.3 is 0 Å². The Morgan fingerprint density at radius 3 is 1.82 bits per heavy atom. The maximum absolute atomic E-state index is 10.7. The van der Waals surface area contributed by atoms with E-state index in [1.54, 1.807) is 0 Å². The SMILES string of the molecule is C[N+](C)(CCC[Si](C)(C)CC[Si](C)(C)C)CCCS(=O)(=O)[O-]. The lowest BCUT2D eigenvalue weighted by Crippen LogP contribution is -2.42. The van der Waals surface area contributed by atoms with Gasteiger partial charge in [0.15, 0.2) is 0 Å². The first kappa shape index (κ1) is 22.3. The van der Waals surface area contributed by atoms with E-state index in [1.807, 2.05) is 0 Å². The molecule has 0 atom stereocenters. The highest BCUT2D eigenvalue weighted by molar-refractivity contribution is 7.85. The number of nitrogens with zero attached hydrogens (tertiary/aromatic N) is 1. The third-order valence-electron chi connectivity index (χ3n) is 4.33. The Morgan fingerprint density at radius 1 is 0.864 bits per heavy atom. The minimum Gasteiger partial charge on any atom is -0.748 e. The zero-order valence-corrected chi connectivity index (χ0v) is 18.6. The molecule has 0 fully saturated rings. The highest BCUT2D eigenvalue weighted by atomic mass is 32.2. The third kappa shape index (κ3) is 13.9. The number of hydrogen-bond donors (Lipinski definition) is 0. The van der Waals surface area contributed by atoms with Crippen LogP contribution >= 0.6 is 0 Å². The maximum Gasteiger partial charge on any atom is 0.0948 e. The summed E-state index contributed by atoms with van der Waals surface area (Å²) in [5.74, 6) is -0.231. The van der Waals surface area contributed by atoms with Crippen molar-refractivity contribution in [3.05, 3.63) is 0 Å². The highest BCUT2D eigenvalue weighted by Crippen LogP contribution is 2.24. The Bertz CT molecular complexity index is 429. The molecule has 0 amide bonds. The van der Waals surface area contributed by atoms with E-state index in [2.05, 4.69) is 46.8 Å². The standard InChI is InChI=1S/C15H37NO3SSi2/c1-16(2,10-8-12-20(17,18)19)11-9-13-22(6,7)15-14-21(3,4)5/h8-15H2,1-7H3. The van der Waals surface area contributed by atoms with Crippen LogP contribution in [0.25, 0.3) is 0 Å². The van der Waals surface area contributed by atoms with E-state index in [0.717, 1.165) is 17.6 Å². The first-order chi connectivity index (χ1) is 9.62. The topological polar surface area (TPSA) is 57.2 Å². The van der Waals surface area contributed by atoms with E-state index in [4.69, 9.17) is 0 Å². The second-order valence-corrected chi connectivity index (χ2v) is 21.8. The molecule has 0 saturated carbocycles. The first-order valence-electron chi connectivity index (χ1n) is 8.38. The molecule has 0 heterocycles. The summed E-state index contributed by atoms with van der Waals surface area (Å²) in [4.78, 5) is 0. The number of rotatable bonds is 11. The molecule has 0 spiro atoms. The molecule has 7 heteroatoms. The van der Waals surface area contributed by atoms with Gasteiger partial charge in [-0.05, 0) is 6.42 Å². The molecular weight excluding hydrogens is 330 g/mol. The van der Waals surface area contributed by atoms with Crippen LogP contribution in [0.1, 0.15) is 12.8 Å². The summed E-state index contributed by atoms with van der Waals surface area (Å²) in [7, 11) is -1.82. The van der Waals surface area contributed by atoms with Gasteiger partial charge in [-0.2, -0.15) is 0 Å². The van der Waals surface area contributed by atoms with Crippen LogP contribution in [-0.2, 0) is 10.1 Å². The first-order valence-corrected chi connectivity index (χ1v) is 17.1. The van der Waals surface area contributed by atoms with Crippen LogP contribution in [0.4, 0.5) is 0 Å². The van der Waals surface area contributed by atoms with E-state index >= 15 is 0 Å². The summed E-state index contributed by atoms with van der Waals surface area (Å²) in [5.41, 5.74) is 0. The van der Waals surface area contributed by atoms with Gasteiger partial charge < -0.3 is 9.04 Å². The van der Waals surface area contributed by atoms with Gasteiger partial charge in [-0.3, -0.25) is 0 Å². The molecule has 0 bridgehead atoms. The summed E-state index contributed by atoms with van der Waals surface area (Å²) >= 11 is 0. The quantitative estimate of drug-likeness (QED) is 0.319. The molecule has 0 aliphatic rings. The van der Waals surface area contributed by atoms with E-state index < -0.39 is 26.3 Å². The fourth-order valence-corrected chi connectivity index (χ4v) is 10.2. The van der Waals surface area contributed by atoms with E-state index in [1.165, 1.54) is 24.6 Å².